The summed E-state index contributed by atoms with van der Waals surface area (Å²) in [6.45, 7) is 5.85. The molecule has 1 aliphatic carbocycles. The summed E-state index contributed by atoms with van der Waals surface area (Å²) < 4.78 is 18.2. The molecule has 10 N–H and O–H groups in total. The molecule has 7 rings (SSSR count). The molecule has 4 atom stereocenters. The Morgan fingerprint density at radius 1 is 0.912 bits per heavy atom. The summed E-state index contributed by atoms with van der Waals surface area (Å²) in [7, 11) is 1.42. The molecule has 1 aromatic heterocycles. The number of fused-ring (bicyclic) bond motifs is 7. The molecule has 0 radical (unpaired) electrons. The van der Waals surface area contributed by atoms with Crippen molar-refractivity contribution in [1.29, 1.82) is 5.26 Å². The van der Waals surface area contributed by atoms with Crippen LogP contribution in [0.5, 0.6) is 17.2 Å². The van der Waals surface area contributed by atoms with E-state index in [2.05, 4.69) is 27.3 Å². The average Bonchev–Trinajstić information content (AvgIpc) is 4.10. The zero-order valence-electron chi connectivity index (χ0n) is 38.8. The second-order valence-electron chi connectivity index (χ2n) is 17.4. The van der Waals surface area contributed by atoms with E-state index in [4.69, 9.17) is 41.4 Å². The number of hydrogen-bond donors (Lipinski definition) is 7. The Morgan fingerprint density at radius 3 is 2.24 bits per heavy atom. The standard InChI is InChI=1S/C49H59N11O8/c1-27-41(28(2)56-43(55-27)32-6-8-35-40(26-32)66-20-14-49(35)12-13-49)46(63)58-36(11-15-50)48(65)60(4)42-31-7-10-39(68-22-18-53)34(25-31)33-23-30(5-9-38(33)67-21-17-52)24-37(45(62)54-19-16-51)59-44(61)29(3)57-47(42)64/h5-10,23,25-26,29,36-37,42H,11-15,17-22,24,50,52-53H2,1-4H3,(H,54,62)(H,57,64)(H,58,63)(H,59,61)/t29-,36?,37-,42-/m0/s1. The molecule has 3 aromatic carbocycles. The first-order valence-corrected chi connectivity index (χ1v) is 22.8. The van der Waals surface area contributed by atoms with E-state index in [0.717, 1.165) is 30.6 Å². The summed E-state index contributed by atoms with van der Waals surface area (Å²) in [6.07, 6.45) is 3.29. The number of amides is 5. The van der Waals surface area contributed by atoms with Crippen LogP contribution >= 0.6 is 0 Å². The molecule has 5 amide bonds. The third-order valence-electron chi connectivity index (χ3n) is 12.6. The molecule has 68 heavy (non-hydrogen) atoms. The first-order chi connectivity index (χ1) is 32.7. The van der Waals surface area contributed by atoms with Crippen LogP contribution in [0.4, 0.5) is 0 Å². The van der Waals surface area contributed by atoms with Crippen molar-refractivity contribution in [3.8, 4) is 45.8 Å². The van der Waals surface area contributed by atoms with Crippen LogP contribution in [0, 0.1) is 25.2 Å². The lowest BCUT2D eigenvalue weighted by molar-refractivity contribution is -0.141. The molecule has 19 heteroatoms. The van der Waals surface area contributed by atoms with Crippen molar-refractivity contribution < 1.29 is 38.2 Å². The molecule has 1 spiro atoms. The third-order valence-corrected chi connectivity index (χ3v) is 12.6. The van der Waals surface area contributed by atoms with Gasteiger partial charge in [-0.15, -0.1) is 0 Å². The van der Waals surface area contributed by atoms with E-state index in [-0.39, 0.29) is 63.2 Å². The number of aromatic nitrogens is 2. The fourth-order valence-corrected chi connectivity index (χ4v) is 8.91. The van der Waals surface area contributed by atoms with Crippen LogP contribution in [0.15, 0.2) is 54.6 Å². The molecule has 1 fully saturated rings. The Kier molecular flexibility index (Phi) is 15.2. The summed E-state index contributed by atoms with van der Waals surface area (Å²) in [5, 5.41) is 20.0. The largest absolute Gasteiger partial charge is 0.493 e. The molecule has 358 valence electrons. The molecule has 3 heterocycles. The maximum atomic E-state index is 14.8. The molecular weight excluding hydrogens is 871 g/mol. The molecule has 4 aromatic rings. The number of carbonyl (C=O) groups excluding carboxylic acids is 5. The number of nitriles is 1. The zero-order chi connectivity index (χ0) is 48.7. The predicted octanol–water partition coefficient (Wildman–Crippen LogP) is 1.75. The number of hydrogen-bond acceptors (Lipinski definition) is 14. The smallest absolute Gasteiger partial charge is 0.255 e. The van der Waals surface area contributed by atoms with E-state index < -0.39 is 53.7 Å². The number of carbonyl (C=O) groups is 5. The maximum Gasteiger partial charge on any atom is 0.255 e. The molecule has 2 aliphatic heterocycles. The molecular formula is C49H59N11O8. The van der Waals surface area contributed by atoms with E-state index in [1.807, 2.05) is 18.2 Å². The van der Waals surface area contributed by atoms with Gasteiger partial charge in [-0.3, -0.25) is 24.0 Å². The van der Waals surface area contributed by atoms with Crippen LogP contribution in [0.3, 0.4) is 0 Å². The number of rotatable bonds is 15. The van der Waals surface area contributed by atoms with Crippen molar-refractivity contribution in [2.45, 2.75) is 82.5 Å². The van der Waals surface area contributed by atoms with Gasteiger partial charge < -0.3 is 57.6 Å². The van der Waals surface area contributed by atoms with Crippen LogP contribution in [0.1, 0.15) is 77.1 Å². The van der Waals surface area contributed by atoms with Crippen molar-refractivity contribution in [3.05, 3.63) is 88.2 Å². The van der Waals surface area contributed by atoms with Gasteiger partial charge in [-0.1, -0.05) is 24.3 Å². The molecule has 1 unspecified atom stereocenters. The van der Waals surface area contributed by atoms with Gasteiger partial charge in [-0.05, 0) is 94.5 Å². The topological polar surface area (TPSA) is 292 Å². The molecule has 0 saturated heterocycles. The van der Waals surface area contributed by atoms with Gasteiger partial charge in [0.15, 0.2) is 5.82 Å². The number of ether oxygens (including phenoxy) is 3. The Morgan fingerprint density at radius 2 is 1.59 bits per heavy atom. The molecule has 4 bridgehead atoms. The van der Waals surface area contributed by atoms with Crippen LogP contribution in [0.2, 0.25) is 0 Å². The molecule has 1 saturated carbocycles. The van der Waals surface area contributed by atoms with Crippen molar-refractivity contribution >= 4 is 29.5 Å². The minimum Gasteiger partial charge on any atom is -0.493 e. The Bertz CT molecular complexity index is 2610. The van der Waals surface area contributed by atoms with Crippen LogP contribution in [-0.2, 0) is 31.0 Å². The van der Waals surface area contributed by atoms with Gasteiger partial charge in [0.05, 0.1) is 29.6 Å². The van der Waals surface area contributed by atoms with E-state index in [9.17, 15) is 29.2 Å². The predicted molar refractivity (Wildman–Crippen MR) is 251 cm³/mol. The second kappa shape index (κ2) is 21.2. The highest BCUT2D eigenvalue weighted by molar-refractivity contribution is 6.00. The average molecular weight is 930 g/mol. The van der Waals surface area contributed by atoms with Gasteiger partial charge in [0.1, 0.15) is 61.2 Å². The second-order valence-corrected chi connectivity index (χ2v) is 17.4. The van der Waals surface area contributed by atoms with Crippen molar-refractivity contribution in [2.75, 3.05) is 53.0 Å². The van der Waals surface area contributed by atoms with E-state index in [0.29, 0.717) is 57.6 Å². The van der Waals surface area contributed by atoms with Gasteiger partial charge in [0.2, 0.25) is 23.6 Å². The lowest BCUT2D eigenvalue weighted by atomic mass is 9.89. The van der Waals surface area contributed by atoms with E-state index in [1.165, 1.54) is 24.4 Å². The van der Waals surface area contributed by atoms with Crippen LogP contribution in [0.25, 0.3) is 22.5 Å². The summed E-state index contributed by atoms with van der Waals surface area (Å²) in [5.41, 5.74) is 22.7. The number of nitrogens with two attached hydrogens (primary N) is 3. The lowest BCUT2D eigenvalue weighted by Crippen LogP contribution is -2.56. The summed E-state index contributed by atoms with van der Waals surface area (Å²) >= 11 is 0. The highest BCUT2D eigenvalue weighted by atomic mass is 16.5. The normalized spacial score (nSPS) is 18.5. The number of aryl methyl sites for hydroxylation is 2. The van der Waals surface area contributed by atoms with Gasteiger partial charge in [-0.25, -0.2) is 9.97 Å². The van der Waals surface area contributed by atoms with Crippen molar-refractivity contribution in [1.82, 2.24) is 36.1 Å². The van der Waals surface area contributed by atoms with Crippen molar-refractivity contribution in [3.63, 3.8) is 0 Å². The minimum atomic E-state index is -1.41. The highest BCUT2D eigenvalue weighted by Crippen LogP contribution is 2.56. The van der Waals surface area contributed by atoms with E-state index >= 15 is 0 Å². The monoisotopic (exact) mass is 929 g/mol. The maximum absolute atomic E-state index is 14.8. The number of nitrogens with one attached hydrogen (secondary N) is 4. The molecule has 19 nitrogen and oxygen atoms in total. The minimum absolute atomic E-state index is 0.000526. The highest BCUT2D eigenvalue weighted by Gasteiger charge is 2.48. The van der Waals surface area contributed by atoms with E-state index in [1.54, 1.807) is 50.2 Å². The molecule has 3 aliphatic rings. The number of nitrogens with zero attached hydrogens (tertiary/aromatic N) is 4. The quantitative estimate of drug-likeness (QED) is 0.0837. The fourth-order valence-electron chi connectivity index (χ4n) is 8.91. The SMILES string of the molecule is Cc1nc(-c2ccc3c(c2)OCCC32CC2)nc(C)c1C(=O)NC(CCN)C(=O)N(C)[C@@H]1C(=O)N[C@@H](C)C(=O)N[C@H](C(=O)NCC#N)Cc2ccc(OCCN)c(c2)-c2cc1ccc2OCCN. The number of benzene rings is 3. The van der Waals surface area contributed by atoms with Crippen molar-refractivity contribution in [2.24, 2.45) is 17.2 Å². The number of likely N-dealkylation sites (N-methyl/N-ethyl adjacent to an activating group) is 1. The van der Waals surface area contributed by atoms with Gasteiger partial charge in [-0.2, -0.15) is 5.26 Å². The van der Waals surface area contributed by atoms with Gasteiger partial charge in [0.25, 0.3) is 5.91 Å². The summed E-state index contributed by atoms with van der Waals surface area (Å²) in [6, 6.07) is 13.0. The Hall–Kier alpha value is -7.14. The Balaban J connectivity index is 1.24. The third kappa shape index (κ3) is 10.5. The summed E-state index contributed by atoms with van der Waals surface area (Å²) in [4.78, 5) is 81.4. The summed E-state index contributed by atoms with van der Waals surface area (Å²) in [5.74, 6) is -1.33. The lowest BCUT2D eigenvalue weighted by Gasteiger charge is -2.32. The fraction of sp³-hybridized carbons (Fsp3) is 0.429. The Labute approximate surface area is 394 Å². The van der Waals surface area contributed by atoms with Gasteiger partial charge in [0, 0.05) is 54.2 Å². The van der Waals surface area contributed by atoms with Crippen LogP contribution < -0.4 is 52.7 Å². The zero-order valence-corrected chi connectivity index (χ0v) is 38.8. The first-order valence-electron chi connectivity index (χ1n) is 22.8. The first kappa shape index (κ1) is 48.8. The van der Waals surface area contributed by atoms with Crippen LogP contribution in [-0.4, -0.2) is 116 Å². The van der Waals surface area contributed by atoms with Gasteiger partial charge >= 0.3 is 0 Å².